The number of amides is 1. The van der Waals surface area contributed by atoms with Gasteiger partial charge in [-0.15, -0.1) is 0 Å². The Balaban J connectivity index is 1.40. The van der Waals surface area contributed by atoms with Crippen molar-refractivity contribution in [3.8, 4) is 16.9 Å². The lowest BCUT2D eigenvalue weighted by Crippen LogP contribution is -2.27. The van der Waals surface area contributed by atoms with Crippen LogP contribution < -0.4 is 9.64 Å². The number of carbonyl (C=O) groups is 2. The van der Waals surface area contributed by atoms with Gasteiger partial charge < -0.3 is 9.64 Å². The predicted molar refractivity (Wildman–Crippen MR) is 128 cm³/mol. The summed E-state index contributed by atoms with van der Waals surface area (Å²) in [5, 5.41) is 0. The molecule has 0 saturated carbocycles. The highest BCUT2D eigenvalue weighted by molar-refractivity contribution is 5.97. The second-order valence-electron chi connectivity index (χ2n) is 8.07. The van der Waals surface area contributed by atoms with Gasteiger partial charge in [0.15, 0.2) is 5.78 Å². The van der Waals surface area contributed by atoms with E-state index in [4.69, 9.17) is 4.74 Å². The molecule has 1 aliphatic rings. The number of aryl methyl sites for hydroxylation is 1. The Morgan fingerprint density at radius 1 is 0.906 bits per heavy atom. The van der Waals surface area contributed by atoms with Gasteiger partial charge in [-0.2, -0.15) is 0 Å². The van der Waals surface area contributed by atoms with Crippen molar-refractivity contribution >= 4 is 17.4 Å². The van der Waals surface area contributed by atoms with E-state index in [-0.39, 0.29) is 11.7 Å². The summed E-state index contributed by atoms with van der Waals surface area (Å²) in [6, 6.07) is 22.1. The first-order valence-electron chi connectivity index (χ1n) is 11.4. The van der Waals surface area contributed by atoms with Crippen LogP contribution in [0.15, 0.2) is 66.7 Å². The minimum atomic E-state index is 0.146. The normalized spacial score (nSPS) is 12.5. The second-order valence-corrected chi connectivity index (χ2v) is 8.07. The smallest absolute Gasteiger partial charge is 0.226 e. The molecule has 32 heavy (non-hydrogen) atoms. The van der Waals surface area contributed by atoms with Gasteiger partial charge in [0.05, 0.1) is 6.61 Å². The molecule has 0 radical (unpaired) electrons. The highest BCUT2D eigenvalue weighted by Crippen LogP contribution is 2.33. The molecule has 0 spiro atoms. The molecular weight excluding hydrogens is 398 g/mol. The molecule has 0 bridgehead atoms. The van der Waals surface area contributed by atoms with E-state index in [0.717, 1.165) is 46.7 Å². The van der Waals surface area contributed by atoms with E-state index in [1.807, 2.05) is 73.3 Å². The van der Waals surface area contributed by atoms with Crippen molar-refractivity contribution in [2.75, 3.05) is 18.1 Å². The SMILES string of the molecule is CCOc1ccc(CCC(=O)c2ccc(-c3ccc4c(c3)CCN4C(=O)CC)cc2)cc1. The van der Waals surface area contributed by atoms with E-state index < -0.39 is 0 Å². The maximum Gasteiger partial charge on any atom is 0.226 e. The highest BCUT2D eigenvalue weighted by Gasteiger charge is 2.23. The molecule has 4 heteroatoms. The zero-order chi connectivity index (χ0) is 22.5. The van der Waals surface area contributed by atoms with Gasteiger partial charge in [0.2, 0.25) is 5.91 Å². The minimum absolute atomic E-state index is 0.146. The lowest BCUT2D eigenvalue weighted by atomic mass is 9.98. The molecule has 0 saturated heterocycles. The van der Waals surface area contributed by atoms with E-state index in [1.54, 1.807) is 0 Å². The summed E-state index contributed by atoms with van der Waals surface area (Å²) in [5.74, 6) is 1.17. The topological polar surface area (TPSA) is 46.6 Å². The van der Waals surface area contributed by atoms with Crippen LogP contribution in [0.25, 0.3) is 11.1 Å². The summed E-state index contributed by atoms with van der Waals surface area (Å²) < 4.78 is 5.46. The van der Waals surface area contributed by atoms with E-state index >= 15 is 0 Å². The highest BCUT2D eigenvalue weighted by atomic mass is 16.5. The Bertz CT molecular complexity index is 1100. The molecule has 1 amide bonds. The van der Waals surface area contributed by atoms with Gasteiger partial charge in [0.1, 0.15) is 5.75 Å². The average Bonchev–Trinajstić information content (AvgIpc) is 3.26. The molecule has 164 valence electrons. The summed E-state index contributed by atoms with van der Waals surface area (Å²) in [7, 11) is 0. The van der Waals surface area contributed by atoms with Crippen LogP contribution in [-0.4, -0.2) is 24.8 Å². The molecule has 1 aliphatic heterocycles. The third-order valence-corrected chi connectivity index (χ3v) is 5.99. The maximum atomic E-state index is 12.7. The number of fused-ring (bicyclic) bond motifs is 1. The maximum absolute atomic E-state index is 12.7. The molecule has 0 atom stereocenters. The molecule has 4 nitrogen and oxygen atoms in total. The fraction of sp³-hybridized carbons (Fsp3) is 0.286. The molecule has 3 aromatic carbocycles. The fourth-order valence-corrected chi connectivity index (χ4v) is 4.20. The van der Waals surface area contributed by atoms with Crippen LogP contribution in [0.3, 0.4) is 0 Å². The van der Waals surface area contributed by atoms with Crippen molar-refractivity contribution in [1.29, 1.82) is 0 Å². The Morgan fingerprint density at radius 2 is 1.62 bits per heavy atom. The molecule has 0 unspecified atom stereocenters. The molecule has 0 aromatic heterocycles. The van der Waals surface area contributed by atoms with Crippen molar-refractivity contribution in [1.82, 2.24) is 0 Å². The summed E-state index contributed by atoms with van der Waals surface area (Å²) in [4.78, 5) is 26.6. The molecule has 4 rings (SSSR count). The van der Waals surface area contributed by atoms with Crippen LogP contribution in [0, 0.1) is 0 Å². The molecular formula is C28H29NO3. The van der Waals surface area contributed by atoms with Gasteiger partial charge in [0, 0.05) is 30.6 Å². The Kier molecular flexibility index (Phi) is 6.69. The van der Waals surface area contributed by atoms with Gasteiger partial charge in [-0.3, -0.25) is 9.59 Å². The number of hydrogen-bond donors (Lipinski definition) is 0. The summed E-state index contributed by atoms with van der Waals surface area (Å²) in [6.45, 7) is 5.27. The Labute approximate surface area is 189 Å². The lowest BCUT2D eigenvalue weighted by molar-refractivity contribution is -0.118. The van der Waals surface area contributed by atoms with Gasteiger partial charge in [-0.25, -0.2) is 0 Å². The Morgan fingerprint density at radius 3 is 2.31 bits per heavy atom. The van der Waals surface area contributed by atoms with Crippen molar-refractivity contribution < 1.29 is 14.3 Å². The number of hydrogen-bond acceptors (Lipinski definition) is 3. The number of benzene rings is 3. The summed E-state index contributed by atoms with van der Waals surface area (Å²) in [5.41, 5.74) is 6.30. The van der Waals surface area contributed by atoms with E-state index in [9.17, 15) is 9.59 Å². The average molecular weight is 428 g/mol. The quantitative estimate of drug-likeness (QED) is 0.423. The van der Waals surface area contributed by atoms with Crippen molar-refractivity contribution in [3.05, 3.63) is 83.4 Å². The number of ketones is 1. The monoisotopic (exact) mass is 427 g/mol. The molecule has 0 aliphatic carbocycles. The molecule has 1 heterocycles. The first-order chi connectivity index (χ1) is 15.6. The zero-order valence-corrected chi connectivity index (χ0v) is 18.8. The van der Waals surface area contributed by atoms with Crippen LogP contribution in [0.4, 0.5) is 5.69 Å². The molecule has 3 aromatic rings. The zero-order valence-electron chi connectivity index (χ0n) is 18.8. The van der Waals surface area contributed by atoms with Crippen molar-refractivity contribution in [2.24, 2.45) is 0 Å². The third kappa shape index (κ3) is 4.75. The van der Waals surface area contributed by atoms with E-state index in [1.165, 1.54) is 5.56 Å². The van der Waals surface area contributed by atoms with Crippen LogP contribution in [-0.2, 0) is 17.6 Å². The summed E-state index contributed by atoms with van der Waals surface area (Å²) >= 11 is 0. The van der Waals surface area contributed by atoms with Gasteiger partial charge in [-0.1, -0.05) is 49.4 Å². The lowest BCUT2D eigenvalue weighted by Gasteiger charge is -2.16. The van der Waals surface area contributed by atoms with Crippen LogP contribution in [0.5, 0.6) is 5.75 Å². The predicted octanol–water partition coefficient (Wildman–Crippen LogP) is 5.87. The number of rotatable bonds is 8. The summed E-state index contributed by atoms with van der Waals surface area (Å²) in [6.07, 6.45) is 2.60. The first-order valence-corrected chi connectivity index (χ1v) is 11.4. The number of nitrogens with zero attached hydrogens (tertiary/aromatic N) is 1. The van der Waals surface area contributed by atoms with Crippen molar-refractivity contribution in [2.45, 2.75) is 39.5 Å². The number of Topliss-reactive ketones (excluding diaryl/α,β-unsaturated/α-hetero) is 1. The Hall–Kier alpha value is -3.40. The van der Waals surface area contributed by atoms with Gasteiger partial charge in [-0.05, 0) is 66.3 Å². The van der Waals surface area contributed by atoms with Crippen molar-refractivity contribution in [3.63, 3.8) is 0 Å². The van der Waals surface area contributed by atoms with Crippen LogP contribution >= 0.6 is 0 Å². The van der Waals surface area contributed by atoms with Crippen LogP contribution in [0.1, 0.15) is 48.2 Å². The second kappa shape index (κ2) is 9.82. The number of anilines is 1. The molecule has 0 N–H and O–H groups in total. The fourth-order valence-electron chi connectivity index (χ4n) is 4.20. The largest absolute Gasteiger partial charge is 0.494 e. The van der Waals surface area contributed by atoms with Gasteiger partial charge >= 0.3 is 0 Å². The minimum Gasteiger partial charge on any atom is -0.494 e. The van der Waals surface area contributed by atoms with E-state index in [0.29, 0.717) is 25.9 Å². The number of carbonyl (C=O) groups excluding carboxylic acids is 2. The number of ether oxygens (including phenoxy) is 1. The van der Waals surface area contributed by atoms with E-state index in [2.05, 4.69) is 12.1 Å². The standard InChI is InChI=1S/C28H29NO3/c1-3-28(31)29-18-17-24-19-23(12-15-26(24)29)21-8-10-22(11-9-21)27(30)16-7-20-5-13-25(14-6-20)32-4-2/h5-6,8-15,19H,3-4,7,16-18H2,1-2H3. The molecule has 0 fully saturated rings. The van der Waals surface area contributed by atoms with Crippen LogP contribution in [0.2, 0.25) is 0 Å². The van der Waals surface area contributed by atoms with Gasteiger partial charge in [0.25, 0.3) is 0 Å². The first kappa shape index (κ1) is 21.8. The third-order valence-electron chi connectivity index (χ3n) is 5.99.